The molecule has 6 heteroatoms. The predicted molar refractivity (Wildman–Crippen MR) is 68.0 cm³/mol. The van der Waals surface area contributed by atoms with Crippen molar-refractivity contribution in [1.29, 1.82) is 0 Å². The van der Waals surface area contributed by atoms with Gasteiger partial charge in [0.15, 0.2) is 0 Å². The van der Waals surface area contributed by atoms with Crippen LogP contribution in [0.2, 0.25) is 0 Å². The van der Waals surface area contributed by atoms with Crippen molar-refractivity contribution in [3.8, 4) is 0 Å². The van der Waals surface area contributed by atoms with E-state index < -0.39 is 16.0 Å². The fourth-order valence-electron chi connectivity index (χ4n) is 1.48. The van der Waals surface area contributed by atoms with Crippen LogP contribution in [0, 0.1) is 6.92 Å². The summed E-state index contributed by atoms with van der Waals surface area (Å²) in [5, 5.41) is 0. The Morgan fingerprint density at radius 2 is 1.94 bits per heavy atom. The van der Waals surface area contributed by atoms with Gasteiger partial charge >= 0.3 is 5.97 Å². The van der Waals surface area contributed by atoms with E-state index in [-0.39, 0.29) is 16.5 Å². The molecule has 1 rings (SSSR count). The molecule has 0 saturated heterocycles. The molecule has 5 nitrogen and oxygen atoms in total. The molecule has 0 aliphatic carbocycles. The average Bonchev–Trinajstić information content (AvgIpc) is 2.26. The van der Waals surface area contributed by atoms with E-state index in [2.05, 4.69) is 9.46 Å². The number of carbonyl (C=O) groups is 1. The summed E-state index contributed by atoms with van der Waals surface area (Å²) in [6.45, 7) is 5.18. The van der Waals surface area contributed by atoms with E-state index in [9.17, 15) is 13.2 Å². The summed E-state index contributed by atoms with van der Waals surface area (Å²) in [5.41, 5.74) is 0.925. The normalized spacial score (nSPS) is 11.6. The van der Waals surface area contributed by atoms with Gasteiger partial charge in [0.25, 0.3) is 0 Å². The Morgan fingerprint density at radius 1 is 1.33 bits per heavy atom. The molecule has 0 aromatic heterocycles. The Kier molecular flexibility index (Phi) is 4.48. The van der Waals surface area contributed by atoms with Gasteiger partial charge < -0.3 is 4.74 Å². The fraction of sp³-hybridized carbons (Fsp3) is 0.417. The second-order valence-corrected chi connectivity index (χ2v) is 5.96. The highest BCUT2D eigenvalue weighted by Gasteiger charge is 2.18. The second kappa shape index (κ2) is 5.49. The van der Waals surface area contributed by atoms with E-state index in [1.54, 1.807) is 26.8 Å². The van der Waals surface area contributed by atoms with Gasteiger partial charge in [0.1, 0.15) is 0 Å². The first-order valence-electron chi connectivity index (χ1n) is 5.49. The zero-order valence-electron chi connectivity index (χ0n) is 10.9. The maximum atomic E-state index is 12.0. The summed E-state index contributed by atoms with van der Waals surface area (Å²) in [6, 6.07) is 4.16. The summed E-state index contributed by atoms with van der Waals surface area (Å²) in [5.74, 6) is -0.547. The van der Waals surface area contributed by atoms with Gasteiger partial charge in [0.05, 0.1) is 17.6 Å². The van der Waals surface area contributed by atoms with Crippen LogP contribution in [0.25, 0.3) is 0 Å². The van der Waals surface area contributed by atoms with E-state index >= 15 is 0 Å². The summed E-state index contributed by atoms with van der Waals surface area (Å²) >= 11 is 0. The van der Waals surface area contributed by atoms with Gasteiger partial charge in [-0.25, -0.2) is 17.9 Å². The first kappa shape index (κ1) is 14.7. The Morgan fingerprint density at radius 3 is 2.44 bits per heavy atom. The predicted octanol–water partition coefficient (Wildman–Crippen LogP) is 1.47. The van der Waals surface area contributed by atoms with E-state index in [0.717, 1.165) is 0 Å². The van der Waals surface area contributed by atoms with E-state index in [4.69, 9.17) is 0 Å². The van der Waals surface area contributed by atoms with E-state index in [1.165, 1.54) is 19.2 Å². The molecule has 0 aliphatic heterocycles. The lowest BCUT2D eigenvalue weighted by molar-refractivity contribution is 0.0599. The van der Waals surface area contributed by atoms with Crippen LogP contribution in [0.1, 0.15) is 29.8 Å². The lowest BCUT2D eigenvalue weighted by Crippen LogP contribution is -2.30. The highest BCUT2D eigenvalue weighted by Crippen LogP contribution is 2.16. The second-order valence-electron chi connectivity index (χ2n) is 4.24. The van der Waals surface area contributed by atoms with Gasteiger partial charge in [-0.3, -0.25) is 0 Å². The van der Waals surface area contributed by atoms with Crippen LogP contribution in [0.5, 0.6) is 0 Å². The van der Waals surface area contributed by atoms with Crippen LogP contribution in [-0.4, -0.2) is 27.5 Å². The van der Waals surface area contributed by atoms with E-state index in [1.807, 2.05) is 0 Å². The van der Waals surface area contributed by atoms with Crippen LogP contribution >= 0.6 is 0 Å². The molecule has 0 atom stereocenters. The molecule has 0 radical (unpaired) electrons. The number of aryl methyl sites for hydroxylation is 1. The molecular weight excluding hydrogens is 254 g/mol. The maximum absolute atomic E-state index is 12.0. The summed E-state index contributed by atoms with van der Waals surface area (Å²) in [4.78, 5) is 11.6. The van der Waals surface area contributed by atoms with Crippen molar-refractivity contribution in [3.63, 3.8) is 0 Å². The van der Waals surface area contributed by atoms with Crippen molar-refractivity contribution >= 4 is 16.0 Å². The quantitative estimate of drug-likeness (QED) is 0.842. The third-order valence-corrected chi connectivity index (χ3v) is 3.97. The molecule has 0 unspecified atom stereocenters. The summed E-state index contributed by atoms with van der Waals surface area (Å²) in [6.07, 6.45) is 0. The number of esters is 1. The van der Waals surface area contributed by atoms with Crippen molar-refractivity contribution in [2.75, 3.05) is 7.11 Å². The van der Waals surface area contributed by atoms with Crippen LogP contribution in [0.4, 0.5) is 0 Å². The number of rotatable bonds is 4. The Labute approximate surface area is 107 Å². The molecule has 18 heavy (non-hydrogen) atoms. The Bertz CT molecular complexity index is 549. The minimum atomic E-state index is -3.60. The number of methoxy groups -OCH3 is 1. The number of benzene rings is 1. The first-order valence-corrected chi connectivity index (χ1v) is 6.97. The standard InChI is InChI=1S/C12H17NO4S/c1-8(2)13-18(15,16)10-6-5-9(3)11(7-10)12(14)17-4/h5-8,13H,1-4H3. The number of sulfonamides is 1. The molecule has 1 aromatic carbocycles. The molecule has 0 spiro atoms. The van der Waals surface area contributed by atoms with Crippen molar-refractivity contribution in [2.24, 2.45) is 0 Å². The molecular formula is C12H17NO4S. The maximum Gasteiger partial charge on any atom is 0.338 e. The SMILES string of the molecule is COC(=O)c1cc(S(=O)(=O)NC(C)C)ccc1C. The zero-order valence-corrected chi connectivity index (χ0v) is 11.7. The summed E-state index contributed by atoms with van der Waals surface area (Å²) in [7, 11) is -2.34. The molecule has 0 heterocycles. The third-order valence-electron chi connectivity index (χ3n) is 2.32. The van der Waals surface area contributed by atoms with Crippen LogP contribution in [0.3, 0.4) is 0 Å². The van der Waals surface area contributed by atoms with Gasteiger partial charge in [-0.15, -0.1) is 0 Å². The molecule has 0 saturated carbocycles. The highest BCUT2D eigenvalue weighted by molar-refractivity contribution is 7.89. The molecule has 1 aromatic rings. The minimum Gasteiger partial charge on any atom is -0.465 e. The lowest BCUT2D eigenvalue weighted by Gasteiger charge is -2.11. The number of hydrogen-bond donors (Lipinski definition) is 1. The largest absolute Gasteiger partial charge is 0.465 e. The van der Waals surface area contributed by atoms with Crippen molar-refractivity contribution in [2.45, 2.75) is 31.7 Å². The summed E-state index contributed by atoms with van der Waals surface area (Å²) < 4.78 is 31.0. The van der Waals surface area contributed by atoms with Gasteiger partial charge in [0.2, 0.25) is 10.0 Å². The first-order chi connectivity index (χ1) is 8.27. The lowest BCUT2D eigenvalue weighted by atomic mass is 10.1. The Balaban J connectivity index is 3.24. The number of ether oxygens (including phenoxy) is 1. The minimum absolute atomic E-state index is 0.0576. The van der Waals surface area contributed by atoms with Crippen molar-refractivity contribution in [1.82, 2.24) is 4.72 Å². The van der Waals surface area contributed by atoms with Crippen LogP contribution in [0.15, 0.2) is 23.1 Å². The molecule has 0 amide bonds. The van der Waals surface area contributed by atoms with Gasteiger partial charge in [-0.05, 0) is 38.5 Å². The Hall–Kier alpha value is -1.40. The molecule has 0 fully saturated rings. The van der Waals surface area contributed by atoms with Crippen LogP contribution < -0.4 is 4.72 Å². The smallest absolute Gasteiger partial charge is 0.338 e. The van der Waals surface area contributed by atoms with Gasteiger partial charge in [-0.1, -0.05) is 6.07 Å². The number of carbonyl (C=O) groups excluding carboxylic acids is 1. The monoisotopic (exact) mass is 271 g/mol. The van der Waals surface area contributed by atoms with Crippen molar-refractivity contribution in [3.05, 3.63) is 29.3 Å². The molecule has 0 aliphatic rings. The van der Waals surface area contributed by atoms with Gasteiger partial charge in [0, 0.05) is 6.04 Å². The molecule has 0 bridgehead atoms. The third kappa shape index (κ3) is 3.30. The zero-order chi connectivity index (χ0) is 13.9. The topological polar surface area (TPSA) is 72.5 Å². The average molecular weight is 271 g/mol. The number of nitrogens with one attached hydrogen (secondary N) is 1. The van der Waals surface area contributed by atoms with Crippen LogP contribution in [-0.2, 0) is 14.8 Å². The van der Waals surface area contributed by atoms with E-state index in [0.29, 0.717) is 5.56 Å². The molecule has 100 valence electrons. The number of hydrogen-bond acceptors (Lipinski definition) is 4. The molecule has 1 N–H and O–H groups in total. The van der Waals surface area contributed by atoms with Gasteiger partial charge in [-0.2, -0.15) is 0 Å². The van der Waals surface area contributed by atoms with Crippen molar-refractivity contribution < 1.29 is 17.9 Å². The fourth-order valence-corrected chi connectivity index (χ4v) is 2.75. The highest BCUT2D eigenvalue weighted by atomic mass is 32.2.